The van der Waals surface area contributed by atoms with E-state index in [1.165, 1.54) is 0 Å². The van der Waals surface area contributed by atoms with E-state index in [1.54, 1.807) is 6.07 Å². The fourth-order valence-electron chi connectivity index (χ4n) is 2.29. The minimum Gasteiger partial charge on any atom is -0.378 e. The van der Waals surface area contributed by atoms with E-state index >= 15 is 0 Å². The molecule has 0 saturated heterocycles. The fraction of sp³-hybridized carbons (Fsp3) is 0.500. The van der Waals surface area contributed by atoms with Gasteiger partial charge in [0.2, 0.25) is 0 Å². The van der Waals surface area contributed by atoms with E-state index < -0.39 is 0 Å². The van der Waals surface area contributed by atoms with Gasteiger partial charge in [-0.3, -0.25) is 10.6 Å². The molecule has 1 fully saturated rings. The molecule has 0 unspecified atom stereocenters. The van der Waals surface area contributed by atoms with Crippen LogP contribution in [0.25, 0.3) is 0 Å². The number of nitrogen functional groups attached to an aromatic ring is 1. The zero-order valence-corrected chi connectivity index (χ0v) is 11.4. The lowest BCUT2D eigenvalue weighted by molar-refractivity contribution is -0.00861. The van der Waals surface area contributed by atoms with Crippen molar-refractivity contribution in [2.75, 3.05) is 12.0 Å². The molecule has 1 amide bonds. The number of nitrogens with two attached hydrogens (primary N) is 1. The van der Waals surface area contributed by atoms with Crippen LogP contribution in [0.5, 0.6) is 0 Å². The first-order valence-electron chi connectivity index (χ1n) is 6.63. The zero-order valence-electron chi connectivity index (χ0n) is 11.4. The SMILES string of the molecule is CCOC1CC(NC(=O)c2ccc(C)cc2NN)C1. The van der Waals surface area contributed by atoms with Crippen LogP contribution in [0.1, 0.15) is 35.7 Å². The third kappa shape index (κ3) is 3.24. The molecule has 1 aromatic rings. The van der Waals surface area contributed by atoms with Crippen LogP contribution in [0.3, 0.4) is 0 Å². The smallest absolute Gasteiger partial charge is 0.253 e. The van der Waals surface area contributed by atoms with Crippen LogP contribution in [0.2, 0.25) is 0 Å². The summed E-state index contributed by atoms with van der Waals surface area (Å²) in [7, 11) is 0. The van der Waals surface area contributed by atoms with Crippen LogP contribution in [0, 0.1) is 6.92 Å². The first kappa shape index (κ1) is 13.8. The standard InChI is InChI=1S/C14H21N3O2/c1-3-19-11-7-10(8-11)16-14(18)12-5-4-9(2)6-13(12)17-15/h4-6,10-11,17H,3,7-8,15H2,1-2H3,(H,16,18). The summed E-state index contributed by atoms with van der Waals surface area (Å²) in [5, 5.41) is 3.00. The molecule has 1 saturated carbocycles. The van der Waals surface area contributed by atoms with Crippen LogP contribution >= 0.6 is 0 Å². The topological polar surface area (TPSA) is 76.4 Å². The number of hydrogen-bond donors (Lipinski definition) is 3. The predicted octanol–water partition coefficient (Wildman–Crippen LogP) is 1.58. The molecule has 1 aliphatic rings. The lowest BCUT2D eigenvalue weighted by atomic mass is 9.89. The number of aryl methyl sites for hydroxylation is 1. The van der Waals surface area contributed by atoms with Crippen molar-refractivity contribution in [1.82, 2.24) is 5.32 Å². The van der Waals surface area contributed by atoms with Gasteiger partial charge in [0.1, 0.15) is 0 Å². The molecule has 4 N–H and O–H groups in total. The van der Waals surface area contributed by atoms with Gasteiger partial charge in [0.05, 0.1) is 17.4 Å². The van der Waals surface area contributed by atoms with Crippen LogP contribution in [-0.2, 0) is 4.74 Å². The zero-order chi connectivity index (χ0) is 13.8. The van der Waals surface area contributed by atoms with Gasteiger partial charge in [-0.1, -0.05) is 6.07 Å². The minimum atomic E-state index is -0.0899. The number of ether oxygens (including phenoxy) is 1. The van der Waals surface area contributed by atoms with Gasteiger partial charge in [-0.15, -0.1) is 0 Å². The summed E-state index contributed by atoms with van der Waals surface area (Å²) < 4.78 is 5.47. The largest absolute Gasteiger partial charge is 0.378 e. The lowest BCUT2D eigenvalue weighted by Gasteiger charge is -2.35. The Bertz CT molecular complexity index is 456. The van der Waals surface area contributed by atoms with E-state index in [0.717, 1.165) is 25.0 Å². The van der Waals surface area contributed by atoms with Crippen LogP contribution in [0.15, 0.2) is 18.2 Å². The molecule has 0 heterocycles. The van der Waals surface area contributed by atoms with Crippen molar-refractivity contribution in [1.29, 1.82) is 0 Å². The molecule has 0 bridgehead atoms. The summed E-state index contributed by atoms with van der Waals surface area (Å²) in [4.78, 5) is 12.2. The lowest BCUT2D eigenvalue weighted by Crippen LogP contribution is -2.48. The predicted molar refractivity (Wildman–Crippen MR) is 74.9 cm³/mol. The minimum absolute atomic E-state index is 0.0899. The van der Waals surface area contributed by atoms with Gasteiger partial charge in [0.15, 0.2) is 0 Å². The molecule has 0 atom stereocenters. The molecule has 5 heteroatoms. The van der Waals surface area contributed by atoms with Gasteiger partial charge >= 0.3 is 0 Å². The molecular formula is C14H21N3O2. The Kier molecular flexibility index (Phi) is 4.39. The molecular weight excluding hydrogens is 242 g/mol. The number of carbonyl (C=O) groups excluding carboxylic acids is 1. The van der Waals surface area contributed by atoms with Crippen molar-refractivity contribution in [2.24, 2.45) is 5.84 Å². The van der Waals surface area contributed by atoms with E-state index in [9.17, 15) is 4.79 Å². The van der Waals surface area contributed by atoms with Crippen LogP contribution in [0.4, 0.5) is 5.69 Å². The fourth-order valence-corrected chi connectivity index (χ4v) is 2.29. The molecule has 0 aliphatic heterocycles. The molecule has 5 nitrogen and oxygen atoms in total. The summed E-state index contributed by atoms with van der Waals surface area (Å²) in [6.45, 7) is 4.67. The molecule has 1 aliphatic carbocycles. The Hall–Kier alpha value is -1.59. The Balaban J connectivity index is 1.94. The molecule has 104 valence electrons. The van der Waals surface area contributed by atoms with Crippen molar-refractivity contribution in [3.05, 3.63) is 29.3 Å². The highest BCUT2D eigenvalue weighted by molar-refractivity contribution is 5.99. The number of hydrogen-bond acceptors (Lipinski definition) is 4. The van der Waals surface area contributed by atoms with Gasteiger partial charge in [-0.2, -0.15) is 0 Å². The van der Waals surface area contributed by atoms with E-state index in [1.807, 2.05) is 26.0 Å². The second-order valence-electron chi connectivity index (χ2n) is 4.91. The summed E-state index contributed by atoms with van der Waals surface area (Å²) in [5.74, 6) is 5.36. The third-order valence-corrected chi connectivity index (χ3v) is 3.41. The van der Waals surface area contributed by atoms with E-state index in [-0.39, 0.29) is 11.9 Å². The Morgan fingerprint density at radius 1 is 1.47 bits per heavy atom. The maximum absolute atomic E-state index is 12.2. The summed E-state index contributed by atoms with van der Waals surface area (Å²) >= 11 is 0. The monoisotopic (exact) mass is 263 g/mol. The highest BCUT2D eigenvalue weighted by Gasteiger charge is 2.31. The number of nitrogens with one attached hydrogen (secondary N) is 2. The van der Waals surface area contributed by atoms with Gasteiger partial charge in [-0.25, -0.2) is 0 Å². The van der Waals surface area contributed by atoms with E-state index in [0.29, 0.717) is 17.4 Å². The van der Waals surface area contributed by atoms with Crippen molar-refractivity contribution >= 4 is 11.6 Å². The average Bonchev–Trinajstić information content (AvgIpc) is 2.35. The maximum atomic E-state index is 12.2. The number of hydrazine groups is 1. The van der Waals surface area contributed by atoms with E-state index in [4.69, 9.17) is 10.6 Å². The summed E-state index contributed by atoms with van der Waals surface area (Å²) in [5.41, 5.74) is 4.86. The van der Waals surface area contributed by atoms with Gasteiger partial charge in [0.25, 0.3) is 5.91 Å². The number of carbonyl (C=O) groups is 1. The van der Waals surface area contributed by atoms with Crippen LogP contribution in [-0.4, -0.2) is 24.7 Å². The Morgan fingerprint density at radius 2 is 2.21 bits per heavy atom. The molecule has 0 aromatic heterocycles. The Labute approximate surface area is 113 Å². The first-order valence-corrected chi connectivity index (χ1v) is 6.63. The number of benzene rings is 1. The summed E-state index contributed by atoms with van der Waals surface area (Å²) in [6, 6.07) is 5.76. The van der Waals surface area contributed by atoms with Crippen LogP contribution < -0.4 is 16.6 Å². The highest BCUT2D eigenvalue weighted by Crippen LogP contribution is 2.24. The first-order chi connectivity index (χ1) is 9.13. The maximum Gasteiger partial charge on any atom is 0.253 e. The molecule has 0 radical (unpaired) electrons. The number of rotatable bonds is 5. The normalized spacial score (nSPS) is 21.6. The van der Waals surface area contributed by atoms with Crippen molar-refractivity contribution < 1.29 is 9.53 Å². The molecule has 2 rings (SSSR count). The average molecular weight is 263 g/mol. The van der Waals surface area contributed by atoms with Crippen molar-refractivity contribution in [2.45, 2.75) is 38.8 Å². The molecule has 19 heavy (non-hydrogen) atoms. The summed E-state index contributed by atoms with van der Waals surface area (Å²) in [6.07, 6.45) is 2.06. The van der Waals surface area contributed by atoms with Gasteiger partial charge < -0.3 is 15.5 Å². The molecule has 0 spiro atoms. The highest BCUT2D eigenvalue weighted by atomic mass is 16.5. The Morgan fingerprint density at radius 3 is 2.84 bits per heavy atom. The second kappa shape index (κ2) is 6.04. The van der Waals surface area contributed by atoms with Crippen molar-refractivity contribution in [3.8, 4) is 0 Å². The number of amides is 1. The third-order valence-electron chi connectivity index (χ3n) is 3.41. The second-order valence-corrected chi connectivity index (χ2v) is 4.91. The van der Waals surface area contributed by atoms with Crippen molar-refractivity contribution in [3.63, 3.8) is 0 Å². The van der Waals surface area contributed by atoms with Gasteiger partial charge in [0, 0.05) is 12.6 Å². The number of anilines is 1. The van der Waals surface area contributed by atoms with Gasteiger partial charge in [-0.05, 0) is 44.4 Å². The quantitative estimate of drug-likeness (QED) is 0.557. The molecule has 1 aromatic carbocycles. The van der Waals surface area contributed by atoms with E-state index in [2.05, 4.69) is 10.7 Å².